The molecule has 1 aromatic carbocycles. The molecule has 1 fully saturated rings. The summed E-state index contributed by atoms with van der Waals surface area (Å²) < 4.78 is 0.943. The number of halogens is 2. The fraction of sp³-hybridized carbons (Fsp3) is 0.385. The van der Waals surface area contributed by atoms with Gasteiger partial charge in [0.25, 0.3) is 0 Å². The van der Waals surface area contributed by atoms with Gasteiger partial charge in [-0.2, -0.15) is 0 Å². The van der Waals surface area contributed by atoms with E-state index in [1.54, 1.807) is 0 Å². The molecule has 17 heavy (non-hydrogen) atoms. The molecule has 2 nitrogen and oxygen atoms in total. The van der Waals surface area contributed by atoms with Crippen molar-refractivity contribution in [3.8, 4) is 0 Å². The Hall–Kier alpha value is -0.350. The number of benzene rings is 1. The van der Waals surface area contributed by atoms with Crippen LogP contribution in [-0.4, -0.2) is 31.1 Å². The van der Waals surface area contributed by atoms with Gasteiger partial charge in [-0.25, -0.2) is 0 Å². The molecule has 0 saturated carbocycles. The number of piperazine rings is 1. The summed E-state index contributed by atoms with van der Waals surface area (Å²) >= 11 is 9.49. The maximum absolute atomic E-state index is 6.02. The van der Waals surface area contributed by atoms with E-state index in [-0.39, 0.29) is 6.04 Å². The Morgan fingerprint density at radius 3 is 2.71 bits per heavy atom. The normalized spacial score (nSPS) is 18.9. The number of hydrogen-bond donors (Lipinski definition) is 1. The number of rotatable bonds is 3. The van der Waals surface area contributed by atoms with Crippen molar-refractivity contribution in [1.29, 1.82) is 0 Å². The van der Waals surface area contributed by atoms with Crippen LogP contribution in [0.4, 0.5) is 0 Å². The lowest BCUT2D eigenvalue weighted by atomic mass is 10.0. The smallest absolute Gasteiger partial charge is 0.0548 e. The van der Waals surface area contributed by atoms with Crippen LogP contribution < -0.4 is 5.32 Å². The van der Waals surface area contributed by atoms with Crippen LogP contribution in [0.1, 0.15) is 11.6 Å². The Labute approximate surface area is 116 Å². The van der Waals surface area contributed by atoms with Gasteiger partial charge in [0, 0.05) is 30.7 Å². The first-order valence-electron chi connectivity index (χ1n) is 5.74. The Bertz CT molecular complexity index is 402. The lowest BCUT2D eigenvalue weighted by Crippen LogP contribution is -2.44. The van der Waals surface area contributed by atoms with Crippen molar-refractivity contribution in [2.45, 2.75) is 6.04 Å². The molecule has 1 atom stereocenters. The zero-order valence-electron chi connectivity index (χ0n) is 9.63. The van der Waals surface area contributed by atoms with Gasteiger partial charge in [-0.1, -0.05) is 23.7 Å². The van der Waals surface area contributed by atoms with E-state index in [4.69, 9.17) is 11.6 Å². The van der Waals surface area contributed by atoms with Crippen LogP contribution >= 0.6 is 27.5 Å². The highest BCUT2D eigenvalue weighted by Gasteiger charge is 2.19. The van der Waals surface area contributed by atoms with E-state index in [2.05, 4.69) is 44.9 Å². The first-order valence-corrected chi connectivity index (χ1v) is 6.91. The zero-order valence-corrected chi connectivity index (χ0v) is 12.0. The summed E-state index contributed by atoms with van der Waals surface area (Å²) in [5.41, 5.74) is 1.23. The SMILES string of the molecule is C=C[C@H](c1ccc(Cl)c(Br)c1)N1CCNCC1. The second-order valence-corrected chi connectivity index (χ2v) is 5.40. The Morgan fingerprint density at radius 1 is 1.41 bits per heavy atom. The monoisotopic (exact) mass is 314 g/mol. The van der Waals surface area contributed by atoms with E-state index in [1.807, 2.05) is 12.1 Å². The van der Waals surface area contributed by atoms with Crippen LogP contribution in [0.2, 0.25) is 5.02 Å². The van der Waals surface area contributed by atoms with Gasteiger partial charge in [-0.15, -0.1) is 6.58 Å². The average Bonchev–Trinajstić information content (AvgIpc) is 2.36. The first-order chi connectivity index (χ1) is 8.22. The van der Waals surface area contributed by atoms with E-state index in [9.17, 15) is 0 Å². The first kappa shape index (κ1) is 13.1. The summed E-state index contributed by atoms with van der Waals surface area (Å²) in [6.45, 7) is 8.14. The van der Waals surface area contributed by atoms with Crippen LogP contribution in [0.15, 0.2) is 35.3 Å². The molecule has 92 valence electrons. The van der Waals surface area contributed by atoms with Gasteiger partial charge < -0.3 is 5.32 Å². The van der Waals surface area contributed by atoms with Crippen LogP contribution in [-0.2, 0) is 0 Å². The third-order valence-electron chi connectivity index (χ3n) is 3.05. The average molecular weight is 316 g/mol. The minimum absolute atomic E-state index is 0.269. The second-order valence-electron chi connectivity index (χ2n) is 4.14. The van der Waals surface area contributed by atoms with Crippen molar-refractivity contribution in [3.63, 3.8) is 0 Å². The molecule has 1 saturated heterocycles. The predicted molar refractivity (Wildman–Crippen MR) is 76.5 cm³/mol. The third kappa shape index (κ3) is 3.10. The molecule has 1 aliphatic rings. The zero-order chi connectivity index (χ0) is 12.3. The minimum Gasteiger partial charge on any atom is -0.314 e. The van der Waals surface area contributed by atoms with E-state index >= 15 is 0 Å². The number of hydrogen-bond acceptors (Lipinski definition) is 2. The van der Waals surface area contributed by atoms with Gasteiger partial charge >= 0.3 is 0 Å². The number of nitrogens with zero attached hydrogens (tertiary/aromatic N) is 1. The molecule has 2 rings (SSSR count). The molecule has 1 aromatic rings. The van der Waals surface area contributed by atoms with Crippen molar-refractivity contribution < 1.29 is 0 Å². The van der Waals surface area contributed by atoms with Crippen molar-refractivity contribution >= 4 is 27.5 Å². The van der Waals surface area contributed by atoms with Crippen molar-refractivity contribution in [1.82, 2.24) is 10.2 Å². The van der Waals surface area contributed by atoms with Crippen LogP contribution in [0.3, 0.4) is 0 Å². The van der Waals surface area contributed by atoms with Crippen LogP contribution in [0.5, 0.6) is 0 Å². The summed E-state index contributed by atoms with van der Waals surface area (Å²) in [6.07, 6.45) is 2.00. The van der Waals surface area contributed by atoms with E-state index in [1.165, 1.54) is 5.56 Å². The second kappa shape index (κ2) is 6.01. The lowest BCUT2D eigenvalue weighted by Gasteiger charge is -2.33. The summed E-state index contributed by atoms with van der Waals surface area (Å²) in [6, 6.07) is 6.35. The molecule has 0 aliphatic carbocycles. The molecular formula is C13H16BrClN2. The molecule has 0 unspecified atom stereocenters. The molecular weight excluding hydrogens is 300 g/mol. The van der Waals surface area contributed by atoms with Crippen LogP contribution in [0, 0.1) is 0 Å². The lowest BCUT2D eigenvalue weighted by molar-refractivity contribution is 0.203. The summed E-state index contributed by atoms with van der Waals surface area (Å²) in [7, 11) is 0. The summed E-state index contributed by atoms with van der Waals surface area (Å²) in [5.74, 6) is 0. The molecule has 1 aliphatic heterocycles. The molecule has 4 heteroatoms. The highest BCUT2D eigenvalue weighted by atomic mass is 79.9. The predicted octanol–water partition coefficient (Wildman–Crippen LogP) is 3.23. The van der Waals surface area contributed by atoms with Gasteiger partial charge in [0.1, 0.15) is 0 Å². The topological polar surface area (TPSA) is 15.3 Å². The van der Waals surface area contributed by atoms with Gasteiger partial charge in [0.05, 0.1) is 11.1 Å². The Balaban J connectivity index is 2.21. The van der Waals surface area contributed by atoms with Crippen molar-refractivity contribution in [3.05, 3.63) is 45.9 Å². The fourth-order valence-electron chi connectivity index (χ4n) is 2.15. The summed E-state index contributed by atoms with van der Waals surface area (Å²) in [5, 5.41) is 4.11. The van der Waals surface area contributed by atoms with Gasteiger partial charge in [-0.3, -0.25) is 4.90 Å². The van der Waals surface area contributed by atoms with E-state index in [0.717, 1.165) is 35.7 Å². The Morgan fingerprint density at radius 2 is 2.12 bits per heavy atom. The molecule has 1 heterocycles. The molecule has 0 radical (unpaired) electrons. The van der Waals surface area contributed by atoms with Crippen LogP contribution in [0.25, 0.3) is 0 Å². The Kier molecular flexibility index (Phi) is 4.62. The highest BCUT2D eigenvalue weighted by Crippen LogP contribution is 2.29. The molecule has 0 spiro atoms. The fourth-order valence-corrected chi connectivity index (χ4v) is 2.67. The van der Waals surface area contributed by atoms with Crippen molar-refractivity contribution in [2.75, 3.05) is 26.2 Å². The maximum atomic E-state index is 6.02. The quantitative estimate of drug-likeness (QED) is 0.862. The van der Waals surface area contributed by atoms with E-state index < -0.39 is 0 Å². The maximum Gasteiger partial charge on any atom is 0.0548 e. The highest BCUT2D eigenvalue weighted by molar-refractivity contribution is 9.10. The van der Waals surface area contributed by atoms with Gasteiger partial charge in [0.2, 0.25) is 0 Å². The van der Waals surface area contributed by atoms with Gasteiger partial charge in [-0.05, 0) is 33.6 Å². The molecule has 1 N–H and O–H groups in total. The standard InChI is InChI=1S/C13H16BrClN2/c1-2-13(17-7-5-16-6-8-17)10-3-4-12(15)11(14)9-10/h2-4,9,13,16H,1,5-8H2/t13-/m1/s1. The molecule has 0 bridgehead atoms. The third-order valence-corrected chi connectivity index (χ3v) is 4.27. The van der Waals surface area contributed by atoms with Crippen molar-refractivity contribution in [2.24, 2.45) is 0 Å². The largest absolute Gasteiger partial charge is 0.314 e. The van der Waals surface area contributed by atoms with E-state index in [0.29, 0.717) is 0 Å². The minimum atomic E-state index is 0.269. The summed E-state index contributed by atoms with van der Waals surface area (Å²) in [4.78, 5) is 2.43. The molecule has 0 amide bonds. The van der Waals surface area contributed by atoms with Gasteiger partial charge in [0.15, 0.2) is 0 Å². The number of nitrogens with one attached hydrogen (secondary N) is 1. The molecule has 0 aromatic heterocycles.